The number of benzene rings is 1. The van der Waals surface area contributed by atoms with Gasteiger partial charge in [-0.1, -0.05) is 0 Å². The van der Waals surface area contributed by atoms with E-state index in [2.05, 4.69) is 5.32 Å². The largest absolute Gasteiger partial charge is 0.379 e. The number of hydrogen-bond donors (Lipinski definition) is 3. The molecule has 0 aromatic heterocycles. The average molecular weight is 394 g/mol. The fourth-order valence-corrected chi connectivity index (χ4v) is 3.00. The number of amides is 1. The highest BCUT2D eigenvalue weighted by molar-refractivity contribution is 7.89. The molecule has 0 spiro atoms. The molecule has 1 atom stereocenters. The van der Waals surface area contributed by atoms with Gasteiger partial charge in [0.25, 0.3) is 5.69 Å². The van der Waals surface area contributed by atoms with Gasteiger partial charge >= 0.3 is 0 Å². The monoisotopic (exact) mass is 393 g/mol. The van der Waals surface area contributed by atoms with Crippen LogP contribution in [0.15, 0.2) is 23.1 Å². The van der Waals surface area contributed by atoms with E-state index in [1.54, 1.807) is 4.90 Å². The molecule has 12 heteroatoms. The number of nitrogens with two attached hydrogens (primary N) is 2. The fourth-order valence-electron chi connectivity index (χ4n) is 2.47. The van der Waals surface area contributed by atoms with Crippen LogP contribution in [-0.4, -0.2) is 49.8 Å². The Bertz CT molecular complexity index is 757. The number of sulfonamides is 1. The summed E-state index contributed by atoms with van der Waals surface area (Å²) < 4.78 is 22.5. The normalized spacial score (nSPS) is 17.0. The van der Waals surface area contributed by atoms with Gasteiger partial charge in [0, 0.05) is 38.2 Å². The van der Waals surface area contributed by atoms with Crippen molar-refractivity contribution in [3.8, 4) is 0 Å². The van der Waals surface area contributed by atoms with Crippen molar-refractivity contribution in [3.05, 3.63) is 28.3 Å². The Morgan fingerprint density at radius 1 is 1.44 bits per heavy atom. The Labute approximate surface area is 151 Å². The van der Waals surface area contributed by atoms with Crippen molar-refractivity contribution < 1.29 is 18.1 Å². The lowest BCUT2D eigenvalue weighted by Gasteiger charge is -2.16. The number of hydrogen-bond acceptors (Lipinski definition) is 7. The predicted molar refractivity (Wildman–Crippen MR) is 94.0 cm³/mol. The summed E-state index contributed by atoms with van der Waals surface area (Å²) in [6.45, 7) is 1.31. The summed E-state index contributed by atoms with van der Waals surface area (Å²) in [6, 6.07) is 3.31. The summed E-state index contributed by atoms with van der Waals surface area (Å²) in [4.78, 5) is 23.7. The van der Waals surface area contributed by atoms with Crippen molar-refractivity contribution in [3.63, 3.8) is 0 Å². The second-order valence-corrected chi connectivity index (χ2v) is 7.11. The van der Waals surface area contributed by atoms with Gasteiger partial charge in [-0.05, 0) is 18.6 Å². The lowest BCUT2D eigenvalue weighted by Crippen LogP contribution is -2.32. The van der Waals surface area contributed by atoms with Crippen molar-refractivity contribution in [2.45, 2.75) is 23.8 Å². The molecule has 0 bridgehead atoms. The lowest BCUT2D eigenvalue weighted by atomic mass is 10.2. The first-order chi connectivity index (χ1) is 11.2. The zero-order chi connectivity index (χ0) is 17.9. The second-order valence-electron chi connectivity index (χ2n) is 5.55. The first-order valence-electron chi connectivity index (χ1n) is 7.27. The Kier molecular flexibility index (Phi) is 7.11. The van der Waals surface area contributed by atoms with Crippen LogP contribution in [0.3, 0.4) is 0 Å². The Morgan fingerprint density at radius 3 is 2.64 bits per heavy atom. The number of likely N-dealkylation sites (tertiary alicyclic amines) is 1. The third-order valence-electron chi connectivity index (χ3n) is 3.73. The maximum atomic E-state index is 12.0. The summed E-state index contributed by atoms with van der Waals surface area (Å²) in [5.41, 5.74) is 5.45. The number of halogens is 1. The number of rotatable bonds is 6. The van der Waals surface area contributed by atoms with Gasteiger partial charge in [-0.3, -0.25) is 14.9 Å². The van der Waals surface area contributed by atoms with Crippen LogP contribution in [0.5, 0.6) is 0 Å². The molecule has 25 heavy (non-hydrogen) atoms. The quantitative estimate of drug-likeness (QED) is 0.453. The van der Waals surface area contributed by atoms with Crippen molar-refractivity contribution in [2.24, 2.45) is 10.9 Å². The summed E-state index contributed by atoms with van der Waals surface area (Å²) >= 11 is 0. The van der Waals surface area contributed by atoms with E-state index in [9.17, 15) is 23.3 Å². The standard InChI is InChI=1S/C13H19N5O5S.ClH/c14-9-4-6-17(8-9)13(19)3-5-16-11-2-1-10(24(15,22)23)7-12(11)18(20)21;/h1-2,7,9,16H,3-6,8,14H2,(H2,15,22,23);1H/t9-;/m1./s1. The van der Waals surface area contributed by atoms with Gasteiger partial charge in [-0.2, -0.15) is 0 Å². The lowest BCUT2D eigenvalue weighted by molar-refractivity contribution is -0.384. The highest BCUT2D eigenvalue weighted by Crippen LogP contribution is 2.27. The smallest absolute Gasteiger partial charge is 0.293 e. The number of nitro groups is 1. The number of nitro benzene ring substituents is 1. The zero-order valence-electron chi connectivity index (χ0n) is 13.3. The van der Waals surface area contributed by atoms with Crippen molar-refractivity contribution >= 4 is 39.7 Å². The molecule has 0 saturated carbocycles. The van der Waals surface area contributed by atoms with E-state index >= 15 is 0 Å². The van der Waals surface area contributed by atoms with E-state index in [1.807, 2.05) is 0 Å². The third kappa shape index (κ3) is 5.53. The van der Waals surface area contributed by atoms with Crippen LogP contribution in [0.1, 0.15) is 12.8 Å². The summed E-state index contributed by atoms with van der Waals surface area (Å²) in [5.74, 6) is -0.0840. The first-order valence-corrected chi connectivity index (χ1v) is 8.81. The molecule has 0 radical (unpaired) electrons. The highest BCUT2D eigenvalue weighted by Gasteiger charge is 2.23. The Morgan fingerprint density at radius 2 is 2.12 bits per heavy atom. The Balaban J connectivity index is 0.00000312. The number of carbonyl (C=O) groups excluding carboxylic acids is 1. The van der Waals surface area contributed by atoms with Crippen LogP contribution >= 0.6 is 12.4 Å². The van der Waals surface area contributed by atoms with Gasteiger partial charge in [0.2, 0.25) is 15.9 Å². The van der Waals surface area contributed by atoms with Crippen molar-refractivity contribution in [2.75, 3.05) is 25.0 Å². The van der Waals surface area contributed by atoms with E-state index in [1.165, 1.54) is 12.1 Å². The van der Waals surface area contributed by atoms with E-state index in [-0.39, 0.29) is 47.9 Å². The number of carbonyl (C=O) groups is 1. The minimum Gasteiger partial charge on any atom is -0.379 e. The maximum absolute atomic E-state index is 12.0. The maximum Gasteiger partial charge on any atom is 0.293 e. The minimum absolute atomic E-state index is 0. The fraction of sp³-hybridized carbons (Fsp3) is 0.462. The van der Waals surface area contributed by atoms with Gasteiger partial charge in [-0.25, -0.2) is 13.6 Å². The molecule has 2 rings (SSSR count). The predicted octanol–water partition coefficient (Wildman–Crippen LogP) is 0.0256. The number of nitrogens with one attached hydrogen (secondary N) is 1. The second kappa shape index (κ2) is 8.43. The summed E-state index contributed by atoms with van der Waals surface area (Å²) in [7, 11) is -4.03. The summed E-state index contributed by atoms with van der Waals surface area (Å²) in [6.07, 6.45) is 0.917. The highest BCUT2D eigenvalue weighted by atomic mass is 35.5. The van der Waals surface area contributed by atoms with E-state index in [4.69, 9.17) is 10.9 Å². The Hall–Kier alpha value is -1.95. The van der Waals surface area contributed by atoms with E-state index in [0.29, 0.717) is 13.1 Å². The van der Waals surface area contributed by atoms with Crippen LogP contribution in [0.2, 0.25) is 0 Å². The molecule has 1 aliphatic heterocycles. The topological polar surface area (TPSA) is 162 Å². The van der Waals surface area contributed by atoms with Crippen LogP contribution in [-0.2, 0) is 14.8 Å². The number of primary sulfonamides is 1. The van der Waals surface area contributed by atoms with Gasteiger partial charge in [0.15, 0.2) is 0 Å². The molecule has 1 fully saturated rings. The van der Waals surface area contributed by atoms with Gasteiger partial charge < -0.3 is 16.0 Å². The molecule has 10 nitrogen and oxygen atoms in total. The molecule has 1 saturated heterocycles. The molecule has 1 amide bonds. The van der Waals surface area contributed by atoms with Gasteiger partial charge in [0.1, 0.15) is 5.69 Å². The molecule has 1 aromatic carbocycles. The van der Waals surface area contributed by atoms with Crippen LogP contribution in [0, 0.1) is 10.1 Å². The van der Waals surface area contributed by atoms with Crippen LogP contribution in [0.4, 0.5) is 11.4 Å². The van der Waals surface area contributed by atoms with Crippen molar-refractivity contribution in [1.29, 1.82) is 0 Å². The molecule has 1 aromatic rings. The summed E-state index contributed by atoms with van der Waals surface area (Å²) in [5, 5.41) is 18.8. The third-order valence-corrected chi connectivity index (χ3v) is 4.64. The number of nitrogens with zero attached hydrogens (tertiary/aromatic N) is 2. The van der Waals surface area contributed by atoms with Gasteiger partial charge in [0.05, 0.1) is 9.82 Å². The van der Waals surface area contributed by atoms with Crippen LogP contribution in [0.25, 0.3) is 0 Å². The molecule has 140 valence electrons. The number of anilines is 1. The molecule has 5 N–H and O–H groups in total. The first kappa shape index (κ1) is 21.1. The van der Waals surface area contributed by atoms with Crippen LogP contribution < -0.4 is 16.2 Å². The SMILES string of the molecule is Cl.N[C@@H]1CCN(C(=O)CCNc2ccc(S(N)(=O)=O)cc2[N+](=O)[O-])C1. The molecule has 0 aliphatic carbocycles. The molecular formula is C13H20ClN5O5S. The zero-order valence-corrected chi connectivity index (χ0v) is 14.9. The van der Waals surface area contributed by atoms with Gasteiger partial charge in [-0.15, -0.1) is 12.4 Å². The molecular weight excluding hydrogens is 374 g/mol. The minimum atomic E-state index is -4.03. The van der Waals surface area contributed by atoms with E-state index < -0.39 is 20.6 Å². The molecule has 1 aliphatic rings. The van der Waals surface area contributed by atoms with E-state index in [0.717, 1.165) is 12.5 Å². The molecule has 1 heterocycles. The molecule has 0 unspecified atom stereocenters. The average Bonchev–Trinajstić information content (AvgIpc) is 2.92. The van der Waals surface area contributed by atoms with Crippen molar-refractivity contribution in [1.82, 2.24) is 4.90 Å².